The summed E-state index contributed by atoms with van der Waals surface area (Å²) < 4.78 is 5.15. The summed E-state index contributed by atoms with van der Waals surface area (Å²) >= 11 is 5.29. The quantitative estimate of drug-likeness (QED) is 0.595. The molecule has 0 spiro atoms. The molecule has 0 saturated heterocycles. The van der Waals surface area contributed by atoms with Crippen molar-refractivity contribution in [3.63, 3.8) is 0 Å². The number of amides is 1. The molecule has 0 aromatic rings. The third-order valence-corrected chi connectivity index (χ3v) is 4.55. The molecule has 0 aliphatic carbocycles. The molecule has 1 unspecified atom stereocenters. The maximum Gasteiger partial charge on any atom is 0.235 e. The van der Waals surface area contributed by atoms with Crippen molar-refractivity contribution in [2.24, 2.45) is 11.1 Å². The molecule has 0 rings (SSSR count). The Labute approximate surface area is 135 Å². The Morgan fingerprint density at radius 2 is 1.81 bits per heavy atom. The topological polar surface area (TPSA) is 55.6 Å². The van der Waals surface area contributed by atoms with E-state index in [-0.39, 0.29) is 11.9 Å². The first kappa shape index (κ1) is 20.3. The summed E-state index contributed by atoms with van der Waals surface area (Å²) in [5, 5.41) is 0. The van der Waals surface area contributed by atoms with E-state index in [9.17, 15) is 4.79 Å². The highest BCUT2D eigenvalue weighted by Gasteiger charge is 2.43. The van der Waals surface area contributed by atoms with Gasteiger partial charge in [0.15, 0.2) is 0 Å². The molecule has 0 aromatic heterocycles. The molecular weight excluding hydrogens is 284 g/mol. The lowest BCUT2D eigenvalue weighted by atomic mass is 9.77. The Morgan fingerprint density at radius 3 is 2.14 bits per heavy atom. The van der Waals surface area contributed by atoms with Crippen LogP contribution in [0.5, 0.6) is 0 Å². The van der Waals surface area contributed by atoms with Crippen LogP contribution < -0.4 is 5.73 Å². The first-order valence-corrected chi connectivity index (χ1v) is 8.41. The van der Waals surface area contributed by atoms with E-state index < -0.39 is 5.41 Å². The molecule has 1 atom stereocenters. The van der Waals surface area contributed by atoms with Gasteiger partial charge in [0.25, 0.3) is 0 Å². The summed E-state index contributed by atoms with van der Waals surface area (Å²) in [6.07, 6.45) is 4.12. The van der Waals surface area contributed by atoms with Crippen molar-refractivity contribution in [1.82, 2.24) is 4.90 Å². The minimum atomic E-state index is -0.698. The van der Waals surface area contributed by atoms with Gasteiger partial charge in [0, 0.05) is 19.7 Å². The smallest absolute Gasteiger partial charge is 0.235 e. The van der Waals surface area contributed by atoms with Crippen molar-refractivity contribution < 1.29 is 9.53 Å². The highest BCUT2D eigenvalue weighted by molar-refractivity contribution is 7.80. The lowest BCUT2D eigenvalue weighted by Crippen LogP contribution is -2.53. The molecule has 0 fully saturated rings. The number of nitrogens with zero attached hydrogens (tertiary/aromatic N) is 1. The maximum atomic E-state index is 13.2. The number of methoxy groups -OCH3 is 1. The third-order valence-electron chi connectivity index (χ3n) is 4.15. The van der Waals surface area contributed by atoms with Gasteiger partial charge in [-0.2, -0.15) is 0 Å². The van der Waals surface area contributed by atoms with Crippen molar-refractivity contribution in [3.05, 3.63) is 0 Å². The largest absolute Gasteiger partial charge is 0.392 e. The normalized spacial score (nSPS) is 13.0. The molecular formula is C16H32N2O2S. The second-order valence-electron chi connectivity index (χ2n) is 5.69. The van der Waals surface area contributed by atoms with Crippen molar-refractivity contribution in [1.29, 1.82) is 0 Å². The van der Waals surface area contributed by atoms with Gasteiger partial charge in [-0.15, -0.1) is 0 Å². The number of carbonyl (C=O) groups excluding carboxylic acids is 1. The average Bonchev–Trinajstić information content (AvgIpc) is 2.46. The summed E-state index contributed by atoms with van der Waals surface area (Å²) in [4.78, 5) is 15.4. The summed E-state index contributed by atoms with van der Waals surface area (Å²) in [6.45, 7) is 9.40. The third kappa shape index (κ3) is 5.22. The van der Waals surface area contributed by atoms with E-state index in [0.717, 1.165) is 32.1 Å². The molecule has 21 heavy (non-hydrogen) atoms. The van der Waals surface area contributed by atoms with Crippen molar-refractivity contribution in [3.8, 4) is 0 Å². The Hall–Kier alpha value is -0.680. The molecule has 0 aromatic carbocycles. The number of rotatable bonds is 11. The first-order chi connectivity index (χ1) is 9.91. The van der Waals surface area contributed by atoms with Gasteiger partial charge in [0.1, 0.15) is 0 Å². The average molecular weight is 317 g/mol. The van der Waals surface area contributed by atoms with Crippen molar-refractivity contribution in [2.75, 3.05) is 20.3 Å². The minimum absolute atomic E-state index is 0.0742. The van der Waals surface area contributed by atoms with Crippen LogP contribution in [0.2, 0.25) is 0 Å². The van der Waals surface area contributed by atoms with Gasteiger partial charge < -0.3 is 15.4 Å². The molecule has 5 heteroatoms. The lowest BCUT2D eigenvalue weighted by molar-refractivity contribution is -0.142. The summed E-state index contributed by atoms with van der Waals surface area (Å²) in [5.41, 5.74) is 5.31. The minimum Gasteiger partial charge on any atom is -0.392 e. The molecule has 0 saturated carbocycles. The number of thiocarbonyl (C=S) groups is 1. The zero-order valence-corrected chi connectivity index (χ0v) is 15.1. The van der Waals surface area contributed by atoms with E-state index in [1.54, 1.807) is 7.11 Å². The predicted octanol–water partition coefficient (Wildman–Crippen LogP) is 3.13. The second-order valence-corrected chi connectivity index (χ2v) is 6.13. The Balaban J connectivity index is 5.49. The first-order valence-electron chi connectivity index (χ1n) is 8.01. The molecule has 0 heterocycles. The molecule has 0 aliphatic rings. The molecule has 0 radical (unpaired) electrons. The van der Waals surface area contributed by atoms with Crippen LogP contribution in [-0.2, 0) is 9.53 Å². The molecule has 0 aliphatic heterocycles. The fraction of sp³-hybridized carbons (Fsp3) is 0.875. The van der Waals surface area contributed by atoms with E-state index in [1.807, 2.05) is 4.90 Å². The molecule has 2 N–H and O–H groups in total. The van der Waals surface area contributed by atoms with Crippen LogP contribution in [0.4, 0.5) is 0 Å². The Kier molecular flexibility index (Phi) is 9.79. The van der Waals surface area contributed by atoms with Crippen LogP contribution in [0.15, 0.2) is 0 Å². The predicted molar refractivity (Wildman–Crippen MR) is 92.4 cm³/mol. The van der Waals surface area contributed by atoms with Crippen molar-refractivity contribution >= 4 is 23.1 Å². The van der Waals surface area contributed by atoms with Gasteiger partial charge in [0.2, 0.25) is 5.91 Å². The van der Waals surface area contributed by atoms with Gasteiger partial charge in [-0.3, -0.25) is 4.79 Å². The van der Waals surface area contributed by atoms with Crippen LogP contribution in [0.1, 0.15) is 59.8 Å². The maximum absolute atomic E-state index is 13.2. The standard InChI is InChI=1S/C16H32N2O2S/c1-6-9-16(10-7-2,14(17)21)15(19)18(11-12-20-5)13(4)8-3/h13H,6-12H2,1-5H3,(H2,17,21). The molecule has 124 valence electrons. The number of nitrogens with two attached hydrogens (primary N) is 1. The summed E-state index contributed by atoms with van der Waals surface area (Å²) in [5.74, 6) is 0.0742. The molecule has 1 amide bonds. The fourth-order valence-electron chi connectivity index (χ4n) is 2.75. The number of hydrogen-bond acceptors (Lipinski definition) is 3. The van der Waals surface area contributed by atoms with Crippen LogP contribution in [0.25, 0.3) is 0 Å². The van der Waals surface area contributed by atoms with E-state index in [0.29, 0.717) is 18.1 Å². The van der Waals surface area contributed by atoms with E-state index >= 15 is 0 Å². The van der Waals surface area contributed by atoms with E-state index in [1.165, 1.54) is 0 Å². The summed E-state index contributed by atoms with van der Waals surface area (Å²) in [6, 6.07) is 0.162. The van der Waals surface area contributed by atoms with Gasteiger partial charge in [0.05, 0.1) is 17.0 Å². The Morgan fingerprint density at radius 1 is 1.29 bits per heavy atom. The van der Waals surface area contributed by atoms with Crippen LogP contribution in [0, 0.1) is 5.41 Å². The number of carbonyl (C=O) groups is 1. The number of ether oxygens (including phenoxy) is 1. The van der Waals surface area contributed by atoms with E-state index in [2.05, 4.69) is 27.7 Å². The highest BCUT2D eigenvalue weighted by atomic mass is 32.1. The van der Waals surface area contributed by atoms with Crippen molar-refractivity contribution in [2.45, 2.75) is 65.8 Å². The molecule has 4 nitrogen and oxygen atoms in total. The monoisotopic (exact) mass is 316 g/mol. The fourth-order valence-corrected chi connectivity index (χ4v) is 3.04. The lowest BCUT2D eigenvalue weighted by Gasteiger charge is -2.39. The SMILES string of the molecule is CCCC(CCC)(C(=O)N(CCOC)C(C)CC)C(N)=S. The van der Waals surface area contributed by atoms with Gasteiger partial charge in [-0.1, -0.05) is 45.8 Å². The van der Waals surface area contributed by atoms with Gasteiger partial charge in [-0.05, 0) is 26.2 Å². The van der Waals surface area contributed by atoms with E-state index in [4.69, 9.17) is 22.7 Å². The van der Waals surface area contributed by atoms with Crippen LogP contribution in [-0.4, -0.2) is 42.1 Å². The van der Waals surface area contributed by atoms with Crippen LogP contribution >= 0.6 is 12.2 Å². The second kappa shape index (κ2) is 10.1. The summed E-state index contributed by atoms with van der Waals surface area (Å²) in [7, 11) is 1.65. The zero-order chi connectivity index (χ0) is 16.5. The van der Waals surface area contributed by atoms with Gasteiger partial charge in [-0.25, -0.2) is 0 Å². The Bertz CT molecular complexity index is 328. The van der Waals surface area contributed by atoms with Gasteiger partial charge >= 0.3 is 0 Å². The zero-order valence-electron chi connectivity index (χ0n) is 14.3. The van der Waals surface area contributed by atoms with Crippen LogP contribution in [0.3, 0.4) is 0 Å². The highest BCUT2D eigenvalue weighted by Crippen LogP contribution is 2.34. The number of hydrogen-bond donors (Lipinski definition) is 1. The molecule has 0 bridgehead atoms.